The number of nitrogens with two attached hydrogens (primary N) is 1. The van der Waals surface area contributed by atoms with E-state index in [4.69, 9.17) is 14.9 Å². The summed E-state index contributed by atoms with van der Waals surface area (Å²) in [4.78, 5) is 25.7. The molecule has 1 aliphatic heterocycles. The first-order chi connectivity index (χ1) is 12.6. The molecule has 140 valence electrons. The summed E-state index contributed by atoms with van der Waals surface area (Å²) in [5.74, 6) is 0.0984. The largest absolute Gasteiger partial charge is 0.460 e. The number of likely N-dealkylation sites (tertiary alicyclic amines) is 1. The molecule has 6 heteroatoms. The Morgan fingerprint density at radius 1 is 1.35 bits per heavy atom. The number of hydrogen-bond acceptors (Lipinski definition) is 5. The normalized spacial score (nSPS) is 18.1. The highest BCUT2D eigenvalue weighted by Crippen LogP contribution is 2.30. The maximum Gasteiger partial charge on any atom is 0.374 e. The van der Waals surface area contributed by atoms with Crippen molar-refractivity contribution in [1.82, 2.24) is 4.90 Å². The molecule has 0 aliphatic carbocycles. The Kier molecular flexibility index (Phi) is 5.93. The molecule has 0 bridgehead atoms. The smallest absolute Gasteiger partial charge is 0.374 e. The molecule has 1 amide bonds. The van der Waals surface area contributed by atoms with Crippen molar-refractivity contribution in [3.05, 3.63) is 35.6 Å². The maximum atomic E-state index is 12.3. The average molecular weight is 358 g/mol. The van der Waals surface area contributed by atoms with Gasteiger partial charge in [0.25, 0.3) is 0 Å². The Bertz CT molecular complexity index is 783. The second-order valence-electron chi connectivity index (χ2n) is 6.87. The van der Waals surface area contributed by atoms with Crippen LogP contribution in [0.3, 0.4) is 0 Å². The summed E-state index contributed by atoms with van der Waals surface area (Å²) in [6.45, 7) is 4.60. The Morgan fingerprint density at radius 2 is 2.15 bits per heavy atom. The van der Waals surface area contributed by atoms with Crippen LogP contribution < -0.4 is 5.73 Å². The van der Waals surface area contributed by atoms with Crippen molar-refractivity contribution in [2.45, 2.75) is 39.2 Å². The van der Waals surface area contributed by atoms with E-state index in [-0.39, 0.29) is 5.91 Å². The van der Waals surface area contributed by atoms with Crippen LogP contribution in [0.1, 0.15) is 48.7 Å². The summed E-state index contributed by atoms with van der Waals surface area (Å²) < 4.78 is 11.0. The number of piperidine rings is 1. The van der Waals surface area contributed by atoms with Gasteiger partial charge in [0.15, 0.2) is 0 Å². The summed E-state index contributed by atoms with van der Waals surface area (Å²) in [7, 11) is 0. The Hall–Kier alpha value is -2.34. The predicted molar refractivity (Wildman–Crippen MR) is 98.6 cm³/mol. The summed E-state index contributed by atoms with van der Waals surface area (Å²) in [5.41, 5.74) is 6.87. The van der Waals surface area contributed by atoms with Gasteiger partial charge in [-0.3, -0.25) is 9.69 Å². The molecule has 2 N–H and O–H groups in total. The van der Waals surface area contributed by atoms with E-state index < -0.39 is 5.97 Å². The summed E-state index contributed by atoms with van der Waals surface area (Å²) in [6, 6.07) is 7.69. The van der Waals surface area contributed by atoms with Crippen molar-refractivity contribution in [1.29, 1.82) is 0 Å². The van der Waals surface area contributed by atoms with E-state index in [1.54, 1.807) is 6.92 Å². The number of carbonyl (C=O) groups is 2. The number of hydrogen-bond donors (Lipinski definition) is 1. The fourth-order valence-corrected chi connectivity index (χ4v) is 3.72. The zero-order valence-electron chi connectivity index (χ0n) is 15.2. The Labute approximate surface area is 153 Å². The highest BCUT2D eigenvalue weighted by atomic mass is 16.5. The van der Waals surface area contributed by atoms with Crippen LogP contribution in [0.15, 0.2) is 28.7 Å². The van der Waals surface area contributed by atoms with Crippen LogP contribution in [-0.4, -0.2) is 36.5 Å². The number of fused-ring (bicyclic) bond motifs is 1. The molecule has 6 nitrogen and oxygen atoms in total. The molecule has 1 atom stereocenters. The molecule has 2 heterocycles. The molecule has 0 saturated carbocycles. The van der Waals surface area contributed by atoms with E-state index in [0.29, 0.717) is 36.8 Å². The van der Waals surface area contributed by atoms with Crippen molar-refractivity contribution < 1.29 is 18.7 Å². The molecule has 2 aromatic rings. The van der Waals surface area contributed by atoms with Gasteiger partial charge in [-0.2, -0.15) is 0 Å². The standard InChI is InChI=1S/C20H26N2O4/c1-2-25-20(24)19-16(15-7-3-4-8-17(15)26-19)13-22-11-5-6-14(12-22)9-10-18(21)23/h3-4,7-8,14H,2,5-6,9-13H2,1H3,(H2,21,23). The topological polar surface area (TPSA) is 85.8 Å². The molecule has 1 unspecified atom stereocenters. The highest BCUT2D eigenvalue weighted by Gasteiger charge is 2.26. The van der Waals surface area contributed by atoms with E-state index in [9.17, 15) is 9.59 Å². The molecular weight excluding hydrogens is 332 g/mol. The molecule has 3 rings (SSSR count). The van der Waals surface area contributed by atoms with Gasteiger partial charge in [0, 0.05) is 30.5 Å². The number of nitrogens with zero attached hydrogens (tertiary/aromatic N) is 1. The van der Waals surface area contributed by atoms with Crippen LogP contribution in [0, 0.1) is 5.92 Å². The van der Waals surface area contributed by atoms with Crippen LogP contribution in [0.4, 0.5) is 0 Å². The van der Waals surface area contributed by atoms with Gasteiger partial charge in [0.05, 0.1) is 6.61 Å². The zero-order chi connectivity index (χ0) is 18.5. The monoisotopic (exact) mass is 358 g/mol. The van der Waals surface area contributed by atoms with Crippen molar-refractivity contribution in [3.8, 4) is 0 Å². The van der Waals surface area contributed by atoms with Crippen LogP contribution >= 0.6 is 0 Å². The third-order valence-corrected chi connectivity index (χ3v) is 4.94. The Morgan fingerprint density at radius 3 is 2.92 bits per heavy atom. The fraction of sp³-hybridized carbons (Fsp3) is 0.500. The van der Waals surface area contributed by atoms with Gasteiger partial charge >= 0.3 is 5.97 Å². The van der Waals surface area contributed by atoms with Crippen LogP contribution in [0.25, 0.3) is 11.0 Å². The second kappa shape index (κ2) is 8.36. The lowest BCUT2D eigenvalue weighted by Crippen LogP contribution is -2.35. The first-order valence-electron chi connectivity index (χ1n) is 9.26. The van der Waals surface area contributed by atoms with E-state index in [0.717, 1.165) is 43.3 Å². The average Bonchev–Trinajstić information content (AvgIpc) is 2.99. The summed E-state index contributed by atoms with van der Waals surface area (Å²) >= 11 is 0. The number of esters is 1. The van der Waals surface area contributed by atoms with Gasteiger partial charge in [0.2, 0.25) is 11.7 Å². The molecule has 26 heavy (non-hydrogen) atoms. The van der Waals surface area contributed by atoms with Gasteiger partial charge in [-0.15, -0.1) is 0 Å². The molecule has 1 saturated heterocycles. The predicted octanol–water partition coefficient (Wildman–Crippen LogP) is 3.09. The van der Waals surface area contributed by atoms with Gasteiger partial charge < -0.3 is 14.9 Å². The minimum atomic E-state index is -0.416. The van der Waals surface area contributed by atoms with E-state index in [1.165, 1.54) is 0 Å². The first kappa shape index (κ1) is 18.5. The third-order valence-electron chi connectivity index (χ3n) is 4.94. The quantitative estimate of drug-likeness (QED) is 0.769. The van der Waals surface area contributed by atoms with Crippen LogP contribution in [-0.2, 0) is 16.1 Å². The second-order valence-corrected chi connectivity index (χ2v) is 6.87. The lowest BCUT2D eigenvalue weighted by Gasteiger charge is -2.32. The zero-order valence-corrected chi connectivity index (χ0v) is 15.2. The molecule has 1 aromatic heterocycles. The Balaban J connectivity index is 1.79. The van der Waals surface area contributed by atoms with Crippen molar-refractivity contribution in [2.24, 2.45) is 11.7 Å². The highest BCUT2D eigenvalue weighted by molar-refractivity contribution is 5.96. The maximum absolute atomic E-state index is 12.3. The van der Waals surface area contributed by atoms with E-state index in [1.807, 2.05) is 24.3 Å². The molecule has 0 spiro atoms. The molecule has 0 radical (unpaired) electrons. The van der Waals surface area contributed by atoms with Crippen LogP contribution in [0.5, 0.6) is 0 Å². The number of rotatable bonds is 7. The number of amides is 1. The fourth-order valence-electron chi connectivity index (χ4n) is 3.72. The van der Waals surface area contributed by atoms with Gasteiger partial charge in [-0.1, -0.05) is 18.2 Å². The number of primary amides is 1. The SMILES string of the molecule is CCOC(=O)c1oc2ccccc2c1CN1CCCC(CCC(N)=O)C1. The lowest BCUT2D eigenvalue weighted by atomic mass is 9.93. The minimum Gasteiger partial charge on any atom is -0.460 e. The van der Waals surface area contributed by atoms with Gasteiger partial charge in [0.1, 0.15) is 5.58 Å². The summed E-state index contributed by atoms with van der Waals surface area (Å²) in [5, 5.41) is 0.954. The molecular formula is C20H26N2O4. The van der Waals surface area contributed by atoms with Crippen LogP contribution in [0.2, 0.25) is 0 Å². The number of furan rings is 1. The third kappa shape index (κ3) is 4.25. The van der Waals surface area contributed by atoms with Crippen molar-refractivity contribution in [2.75, 3.05) is 19.7 Å². The van der Waals surface area contributed by atoms with Gasteiger partial charge in [-0.05, 0) is 44.7 Å². The lowest BCUT2D eigenvalue weighted by molar-refractivity contribution is -0.118. The molecule has 1 fully saturated rings. The first-order valence-corrected chi connectivity index (χ1v) is 9.26. The molecule has 1 aromatic carbocycles. The minimum absolute atomic E-state index is 0.243. The number of ether oxygens (including phenoxy) is 1. The van der Waals surface area contributed by atoms with Crippen molar-refractivity contribution >= 4 is 22.8 Å². The summed E-state index contributed by atoms with van der Waals surface area (Å²) in [6.07, 6.45) is 3.44. The molecule has 1 aliphatic rings. The number of benzene rings is 1. The van der Waals surface area contributed by atoms with Gasteiger partial charge in [-0.25, -0.2) is 4.79 Å². The van der Waals surface area contributed by atoms with Crippen molar-refractivity contribution in [3.63, 3.8) is 0 Å². The number of carbonyl (C=O) groups excluding carboxylic acids is 2. The van der Waals surface area contributed by atoms with E-state index >= 15 is 0 Å². The number of para-hydroxylation sites is 1. The van der Waals surface area contributed by atoms with E-state index in [2.05, 4.69) is 4.90 Å².